The van der Waals surface area contributed by atoms with E-state index in [1.807, 2.05) is 13.0 Å². The highest BCUT2D eigenvalue weighted by molar-refractivity contribution is 5.19. The molecule has 0 bridgehead atoms. The van der Waals surface area contributed by atoms with Crippen LogP contribution in [0.25, 0.3) is 0 Å². The Morgan fingerprint density at radius 2 is 2.60 bits per heavy atom. The first kappa shape index (κ1) is 7.48. The number of halogens is 1. The number of hydrogen-bond acceptors (Lipinski definition) is 1. The summed E-state index contributed by atoms with van der Waals surface area (Å²) in [6, 6.07) is 0.204. The van der Waals surface area contributed by atoms with E-state index in [1.54, 1.807) is 6.08 Å². The van der Waals surface area contributed by atoms with Crippen molar-refractivity contribution in [2.75, 3.05) is 6.54 Å². The van der Waals surface area contributed by atoms with E-state index in [-0.39, 0.29) is 11.9 Å². The number of allylic oxidation sites excluding steroid dienone is 2. The van der Waals surface area contributed by atoms with Crippen LogP contribution in [0.1, 0.15) is 13.3 Å². The molecule has 0 spiro atoms. The zero-order chi connectivity index (χ0) is 7.40. The second-order valence-corrected chi connectivity index (χ2v) is 2.35. The number of nitrogens with one attached hydrogen (secondary N) is 1. The number of rotatable bonds is 2. The molecule has 1 aliphatic rings. The van der Waals surface area contributed by atoms with Gasteiger partial charge in [0.15, 0.2) is 0 Å². The third-order valence-corrected chi connectivity index (χ3v) is 1.49. The zero-order valence-electron chi connectivity index (χ0n) is 6.10. The predicted molar refractivity (Wildman–Crippen MR) is 40.4 cm³/mol. The van der Waals surface area contributed by atoms with Gasteiger partial charge in [-0.15, -0.1) is 0 Å². The van der Waals surface area contributed by atoms with Crippen LogP contribution in [-0.4, -0.2) is 12.6 Å². The monoisotopic (exact) mass is 141 g/mol. The second-order valence-electron chi connectivity index (χ2n) is 2.35. The molecular formula is C8H12FN. The van der Waals surface area contributed by atoms with Gasteiger partial charge in [0.2, 0.25) is 0 Å². The van der Waals surface area contributed by atoms with Gasteiger partial charge in [0.05, 0.1) is 0 Å². The van der Waals surface area contributed by atoms with Crippen LogP contribution in [0.2, 0.25) is 0 Å². The van der Waals surface area contributed by atoms with Gasteiger partial charge < -0.3 is 5.32 Å². The fourth-order valence-electron chi connectivity index (χ4n) is 1.05. The molecule has 0 aromatic carbocycles. The quantitative estimate of drug-likeness (QED) is 0.618. The molecule has 0 fully saturated rings. The van der Waals surface area contributed by atoms with Crippen LogP contribution in [0.3, 0.4) is 0 Å². The van der Waals surface area contributed by atoms with Crippen molar-refractivity contribution in [3.05, 3.63) is 24.1 Å². The summed E-state index contributed by atoms with van der Waals surface area (Å²) < 4.78 is 12.5. The maximum absolute atomic E-state index is 12.5. The van der Waals surface area contributed by atoms with Crippen LogP contribution in [0.5, 0.6) is 0 Å². The van der Waals surface area contributed by atoms with E-state index in [0.717, 1.165) is 13.0 Å². The Balaban J connectivity index is 2.43. The molecule has 0 aromatic rings. The summed E-state index contributed by atoms with van der Waals surface area (Å²) in [6.45, 7) is 2.91. The van der Waals surface area contributed by atoms with Crippen LogP contribution in [-0.2, 0) is 0 Å². The highest BCUT2D eigenvalue weighted by Crippen LogP contribution is 2.10. The fourth-order valence-corrected chi connectivity index (χ4v) is 1.05. The first-order valence-electron chi connectivity index (χ1n) is 3.60. The smallest absolute Gasteiger partial charge is 0.120 e. The lowest BCUT2D eigenvalue weighted by molar-refractivity contribution is 0.577. The third-order valence-electron chi connectivity index (χ3n) is 1.49. The molecule has 1 rings (SSSR count). The van der Waals surface area contributed by atoms with Crippen LogP contribution < -0.4 is 5.32 Å². The summed E-state index contributed by atoms with van der Waals surface area (Å²) in [5, 5.41) is 3.15. The summed E-state index contributed by atoms with van der Waals surface area (Å²) in [5.74, 6) is -0.128. The molecule has 0 radical (unpaired) electrons. The van der Waals surface area contributed by atoms with Crippen molar-refractivity contribution in [3.63, 3.8) is 0 Å². The van der Waals surface area contributed by atoms with Crippen LogP contribution >= 0.6 is 0 Å². The summed E-state index contributed by atoms with van der Waals surface area (Å²) >= 11 is 0. The molecule has 0 aromatic heterocycles. The summed E-state index contributed by atoms with van der Waals surface area (Å²) in [5.41, 5.74) is 0. The molecule has 1 aliphatic carbocycles. The van der Waals surface area contributed by atoms with Crippen LogP contribution in [0.4, 0.5) is 4.39 Å². The first-order chi connectivity index (χ1) is 4.83. The lowest BCUT2D eigenvalue weighted by Crippen LogP contribution is -2.27. The molecule has 0 saturated carbocycles. The Hall–Kier alpha value is -0.630. The van der Waals surface area contributed by atoms with E-state index < -0.39 is 0 Å². The minimum atomic E-state index is -0.128. The largest absolute Gasteiger partial charge is 0.310 e. The molecule has 1 unspecified atom stereocenters. The molecule has 0 heterocycles. The van der Waals surface area contributed by atoms with E-state index in [1.165, 1.54) is 6.08 Å². The predicted octanol–water partition coefficient (Wildman–Crippen LogP) is 1.78. The highest BCUT2D eigenvalue weighted by atomic mass is 19.1. The van der Waals surface area contributed by atoms with Gasteiger partial charge in [-0.05, 0) is 25.1 Å². The molecule has 0 amide bonds. The Morgan fingerprint density at radius 3 is 3.20 bits per heavy atom. The van der Waals surface area contributed by atoms with Crippen molar-refractivity contribution in [2.24, 2.45) is 0 Å². The average molecular weight is 141 g/mol. The lowest BCUT2D eigenvalue weighted by Gasteiger charge is -2.13. The van der Waals surface area contributed by atoms with Crippen LogP contribution in [0.15, 0.2) is 24.1 Å². The maximum atomic E-state index is 12.5. The first-order valence-corrected chi connectivity index (χ1v) is 3.60. The Bertz CT molecular complexity index is 161. The second kappa shape index (κ2) is 3.52. The van der Waals surface area contributed by atoms with E-state index in [2.05, 4.69) is 5.32 Å². The van der Waals surface area contributed by atoms with Gasteiger partial charge in [-0.25, -0.2) is 4.39 Å². The molecule has 10 heavy (non-hydrogen) atoms. The normalized spacial score (nSPS) is 24.6. The summed E-state index contributed by atoms with van der Waals surface area (Å²) in [6.07, 6.45) is 5.88. The maximum Gasteiger partial charge on any atom is 0.120 e. The van der Waals surface area contributed by atoms with Gasteiger partial charge in [0.25, 0.3) is 0 Å². The Labute approximate surface area is 60.6 Å². The van der Waals surface area contributed by atoms with E-state index >= 15 is 0 Å². The topological polar surface area (TPSA) is 12.0 Å². The van der Waals surface area contributed by atoms with Crippen molar-refractivity contribution in [2.45, 2.75) is 19.4 Å². The molecular weight excluding hydrogens is 129 g/mol. The SMILES string of the molecule is CCNC1C=C(F)C=CC1. The van der Waals surface area contributed by atoms with Crippen molar-refractivity contribution < 1.29 is 4.39 Å². The summed E-state index contributed by atoms with van der Waals surface area (Å²) in [4.78, 5) is 0. The van der Waals surface area contributed by atoms with E-state index in [0.29, 0.717) is 0 Å². The average Bonchev–Trinajstić information content (AvgIpc) is 1.88. The Morgan fingerprint density at radius 1 is 1.80 bits per heavy atom. The molecule has 1 nitrogen and oxygen atoms in total. The molecule has 0 aliphatic heterocycles. The molecule has 2 heteroatoms. The minimum absolute atomic E-state index is 0.128. The van der Waals surface area contributed by atoms with Gasteiger partial charge in [0.1, 0.15) is 5.83 Å². The van der Waals surface area contributed by atoms with Crippen LogP contribution in [0, 0.1) is 0 Å². The van der Waals surface area contributed by atoms with Gasteiger partial charge in [-0.3, -0.25) is 0 Å². The van der Waals surface area contributed by atoms with E-state index in [4.69, 9.17) is 0 Å². The molecule has 56 valence electrons. The molecule has 1 atom stereocenters. The Kier molecular flexibility index (Phi) is 2.63. The zero-order valence-corrected chi connectivity index (χ0v) is 6.10. The number of hydrogen-bond donors (Lipinski definition) is 1. The van der Waals surface area contributed by atoms with Gasteiger partial charge in [0, 0.05) is 6.04 Å². The summed E-state index contributed by atoms with van der Waals surface area (Å²) in [7, 11) is 0. The van der Waals surface area contributed by atoms with Gasteiger partial charge in [-0.2, -0.15) is 0 Å². The molecule has 1 N–H and O–H groups in total. The highest BCUT2D eigenvalue weighted by Gasteiger charge is 2.05. The lowest BCUT2D eigenvalue weighted by atomic mass is 10.1. The van der Waals surface area contributed by atoms with Crippen molar-refractivity contribution >= 4 is 0 Å². The van der Waals surface area contributed by atoms with Crippen molar-refractivity contribution in [3.8, 4) is 0 Å². The van der Waals surface area contributed by atoms with Gasteiger partial charge >= 0.3 is 0 Å². The molecule has 0 saturated heterocycles. The minimum Gasteiger partial charge on any atom is -0.310 e. The number of likely N-dealkylation sites (N-methyl/N-ethyl adjacent to an activating group) is 1. The van der Waals surface area contributed by atoms with E-state index in [9.17, 15) is 4.39 Å². The fraction of sp³-hybridized carbons (Fsp3) is 0.500. The van der Waals surface area contributed by atoms with Crippen molar-refractivity contribution in [1.82, 2.24) is 5.32 Å². The van der Waals surface area contributed by atoms with Crippen molar-refractivity contribution in [1.29, 1.82) is 0 Å². The van der Waals surface area contributed by atoms with Gasteiger partial charge in [-0.1, -0.05) is 13.0 Å². The standard InChI is InChI=1S/C8H12FN/c1-2-10-8-5-3-4-7(9)6-8/h3-4,6,8,10H,2,5H2,1H3. The third kappa shape index (κ3) is 1.95.